The van der Waals surface area contributed by atoms with Crippen LogP contribution in [0.2, 0.25) is 0 Å². The van der Waals surface area contributed by atoms with E-state index in [2.05, 4.69) is 18.9 Å². The van der Waals surface area contributed by atoms with Crippen LogP contribution in [0.1, 0.15) is 34.3 Å². The fourth-order valence-corrected chi connectivity index (χ4v) is 2.82. The fraction of sp³-hybridized carbons (Fsp3) is 0.583. The summed E-state index contributed by atoms with van der Waals surface area (Å²) >= 11 is 1.38. The minimum absolute atomic E-state index is 0.433. The summed E-state index contributed by atoms with van der Waals surface area (Å²) < 4.78 is 0. The molecule has 1 N–H and O–H groups in total. The molecule has 0 radical (unpaired) electrons. The van der Waals surface area contributed by atoms with E-state index in [1.165, 1.54) is 24.2 Å². The van der Waals surface area contributed by atoms with Crippen molar-refractivity contribution in [2.24, 2.45) is 5.92 Å². The summed E-state index contributed by atoms with van der Waals surface area (Å²) in [5, 5.41) is 8.84. The number of nitrogens with zero attached hydrogens (tertiary/aromatic N) is 1. The maximum atomic E-state index is 10.7. The molecule has 0 saturated heterocycles. The Morgan fingerprint density at radius 1 is 1.62 bits per heavy atom. The second-order valence-electron chi connectivity index (χ2n) is 4.56. The zero-order chi connectivity index (χ0) is 11.7. The van der Waals surface area contributed by atoms with Gasteiger partial charge in [0, 0.05) is 17.5 Å². The van der Waals surface area contributed by atoms with Crippen LogP contribution in [0.5, 0.6) is 0 Å². The van der Waals surface area contributed by atoms with E-state index in [1.807, 2.05) is 6.07 Å². The number of carboxylic acids is 1. The lowest BCUT2D eigenvalue weighted by molar-refractivity contribution is 0.0702. The van der Waals surface area contributed by atoms with E-state index in [9.17, 15) is 4.79 Å². The molecule has 4 heteroatoms. The summed E-state index contributed by atoms with van der Waals surface area (Å²) in [5.41, 5.74) is 0. The highest BCUT2D eigenvalue weighted by Gasteiger charge is 2.30. The molecule has 0 spiro atoms. The summed E-state index contributed by atoms with van der Waals surface area (Å²) in [4.78, 5) is 14.6. The second-order valence-corrected chi connectivity index (χ2v) is 5.73. The highest BCUT2D eigenvalue weighted by atomic mass is 32.1. The Morgan fingerprint density at radius 3 is 2.81 bits per heavy atom. The van der Waals surface area contributed by atoms with Gasteiger partial charge in [0.25, 0.3) is 0 Å². The molecule has 0 bridgehead atoms. The molecule has 1 saturated carbocycles. The third-order valence-corrected chi connectivity index (χ3v) is 4.34. The van der Waals surface area contributed by atoms with E-state index in [0.717, 1.165) is 17.3 Å². The summed E-state index contributed by atoms with van der Waals surface area (Å²) in [6.45, 7) is 3.11. The van der Waals surface area contributed by atoms with Crippen LogP contribution >= 0.6 is 11.3 Å². The van der Waals surface area contributed by atoms with Crippen molar-refractivity contribution in [2.45, 2.75) is 32.4 Å². The molecule has 88 valence electrons. The maximum absolute atomic E-state index is 10.7. The van der Waals surface area contributed by atoms with Crippen molar-refractivity contribution >= 4 is 17.3 Å². The Bertz CT molecular complexity index is 384. The number of thiophene rings is 1. The van der Waals surface area contributed by atoms with Crippen molar-refractivity contribution < 1.29 is 9.90 Å². The van der Waals surface area contributed by atoms with Crippen LogP contribution < -0.4 is 0 Å². The van der Waals surface area contributed by atoms with Crippen molar-refractivity contribution in [1.82, 2.24) is 4.90 Å². The van der Waals surface area contributed by atoms with Crippen LogP contribution in [0.25, 0.3) is 0 Å². The molecule has 1 fully saturated rings. The van der Waals surface area contributed by atoms with Crippen LogP contribution in [0.15, 0.2) is 12.1 Å². The van der Waals surface area contributed by atoms with Gasteiger partial charge in [-0.25, -0.2) is 4.79 Å². The predicted octanol–water partition coefficient (Wildman–Crippen LogP) is 2.68. The molecule has 0 aliphatic heterocycles. The van der Waals surface area contributed by atoms with Crippen molar-refractivity contribution in [3.63, 3.8) is 0 Å². The normalized spacial score (nSPS) is 17.7. The standard InChI is InChI=1S/C12H17NO2S/c1-8(9-3-4-9)13(2)7-10-5-6-11(16-10)12(14)15/h5-6,8-9H,3-4,7H2,1-2H3,(H,14,15). The molecular weight excluding hydrogens is 222 g/mol. The van der Waals surface area contributed by atoms with Gasteiger partial charge >= 0.3 is 5.97 Å². The lowest BCUT2D eigenvalue weighted by Crippen LogP contribution is -2.29. The zero-order valence-electron chi connectivity index (χ0n) is 9.64. The molecule has 1 aromatic heterocycles. The molecule has 1 aromatic rings. The zero-order valence-corrected chi connectivity index (χ0v) is 10.5. The molecular formula is C12H17NO2S. The second kappa shape index (κ2) is 4.55. The highest BCUT2D eigenvalue weighted by Crippen LogP contribution is 2.35. The van der Waals surface area contributed by atoms with Crippen molar-refractivity contribution in [3.8, 4) is 0 Å². The van der Waals surface area contributed by atoms with E-state index in [1.54, 1.807) is 6.07 Å². The first-order chi connectivity index (χ1) is 7.58. The van der Waals surface area contributed by atoms with Gasteiger partial charge in [0.15, 0.2) is 0 Å². The van der Waals surface area contributed by atoms with Crippen molar-refractivity contribution in [2.75, 3.05) is 7.05 Å². The quantitative estimate of drug-likeness (QED) is 0.858. The number of carboxylic acid groups (broad SMARTS) is 1. The minimum atomic E-state index is -0.825. The lowest BCUT2D eigenvalue weighted by atomic mass is 10.2. The highest BCUT2D eigenvalue weighted by molar-refractivity contribution is 7.13. The molecule has 0 aromatic carbocycles. The molecule has 1 heterocycles. The molecule has 1 aliphatic rings. The number of carbonyl (C=O) groups is 1. The molecule has 16 heavy (non-hydrogen) atoms. The van der Waals surface area contributed by atoms with Gasteiger partial charge in [-0.3, -0.25) is 4.90 Å². The number of hydrogen-bond acceptors (Lipinski definition) is 3. The predicted molar refractivity (Wildman–Crippen MR) is 64.9 cm³/mol. The Balaban J connectivity index is 1.94. The Morgan fingerprint density at radius 2 is 2.31 bits per heavy atom. The minimum Gasteiger partial charge on any atom is -0.477 e. The van der Waals surface area contributed by atoms with Gasteiger partial charge in [0.1, 0.15) is 4.88 Å². The van der Waals surface area contributed by atoms with E-state index in [-0.39, 0.29) is 0 Å². The average molecular weight is 239 g/mol. The fourth-order valence-electron chi connectivity index (χ4n) is 1.91. The van der Waals surface area contributed by atoms with Gasteiger partial charge in [-0.15, -0.1) is 11.3 Å². The molecule has 1 aliphatic carbocycles. The molecule has 0 amide bonds. The van der Waals surface area contributed by atoms with Crippen molar-refractivity contribution in [1.29, 1.82) is 0 Å². The monoisotopic (exact) mass is 239 g/mol. The number of rotatable bonds is 5. The molecule has 1 atom stereocenters. The Hall–Kier alpha value is -0.870. The Labute approximate surface area is 99.7 Å². The molecule has 2 rings (SSSR count). The van der Waals surface area contributed by atoms with Crippen LogP contribution in [-0.4, -0.2) is 29.1 Å². The van der Waals surface area contributed by atoms with Gasteiger partial charge in [0.05, 0.1) is 0 Å². The first-order valence-corrected chi connectivity index (χ1v) is 6.42. The molecule has 1 unspecified atom stereocenters. The topological polar surface area (TPSA) is 40.5 Å². The van der Waals surface area contributed by atoms with Gasteiger partial charge in [-0.2, -0.15) is 0 Å². The number of aromatic carboxylic acids is 1. The summed E-state index contributed by atoms with van der Waals surface area (Å²) in [6.07, 6.45) is 2.69. The first-order valence-electron chi connectivity index (χ1n) is 5.60. The van der Waals surface area contributed by atoms with E-state index in [4.69, 9.17) is 5.11 Å². The average Bonchev–Trinajstić information content (AvgIpc) is 2.97. The van der Waals surface area contributed by atoms with E-state index in [0.29, 0.717) is 10.9 Å². The largest absolute Gasteiger partial charge is 0.477 e. The van der Waals surface area contributed by atoms with Gasteiger partial charge < -0.3 is 5.11 Å². The third-order valence-electron chi connectivity index (χ3n) is 3.28. The summed E-state index contributed by atoms with van der Waals surface area (Å²) in [6, 6.07) is 4.22. The smallest absolute Gasteiger partial charge is 0.345 e. The SMILES string of the molecule is CC(C1CC1)N(C)Cc1ccc(C(=O)O)s1. The van der Waals surface area contributed by atoms with E-state index < -0.39 is 5.97 Å². The van der Waals surface area contributed by atoms with Crippen molar-refractivity contribution in [3.05, 3.63) is 21.9 Å². The van der Waals surface area contributed by atoms with Gasteiger partial charge in [-0.05, 0) is 44.9 Å². The summed E-state index contributed by atoms with van der Waals surface area (Å²) in [7, 11) is 2.11. The first kappa shape index (κ1) is 11.6. The van der Waals surface area contributed by atoms with Gasteiger partial charge in [-0.1, -0.05) is 0 Å². The summed E-state index contributed by atoms with van der Waals surface area (Å²) in [5.74, 6) is 0.0260. The number of hydrogen-bond donors (Lipinski definition) is 1. The van der Waals surface area contributed by atoms with E-state index >= 15 is 0 Å². The van der Waals surface area contributed by atoms with Crippen LogP contribution in [0, 0.1) is 5.92 Å². The third kappa shape index (κ3) is 2.62. The maximum Gasteiger partial charge on any atom is 0.345 e. The van der Waals surface area contributed by atoms with Gasteiger partial charge in [0.2, 0.25) is 0 Å². The van der Waals surface area contributed by atoms with Crippen LogP contribution in [-0.2, 0) is 6.54 Å². The van der Waals surface area contributed by atoms with Crippen LogP contribution in [0.3, 0.4) is 0 Å². The lowest BCUT2D eigenvalue weighted by Gasteiger charge is -2.23. The van der Waals surface area contributed by atoms with Crippen LogP contribution in [0.4, 0.5) is 0 Å². The Kier molecular flexibility index (Phi) is 3.30. The molecule has 3 nitrogen and oxygen atoms in total.